The van der Waals surface area contributed by atoms with E-state index < -0.39 is 0 Å². The quantitative estimate of drug-likeness (QED) is 0.929. The summed E-state index contributed by atoms with van der Waals surface area (Å²) in [6, 6.07) is 17.6. The standard InChI is InChI=1S/C18H17NO2S/c1-13-7-9-15(10-8-13)19-18(20)16-17(22-12-11-21-16)14-5-3-2-4-6-14/h2-10H,11-12H2,1H3,(H,19,20). The lowest BCUT2D eigenvalue weighted by Gasteiger charge is -2.20. The Morgan fingerprint density at radius 1 is 1.09 bits per heavy atom. The molecule has 2 aromatic carbocycles. The van der Waals surface area contributed by atoms with Crippen LogP contribution < -0.4 is 5.32 Å². The summed E-state index contributed by atoms with van der Waals surface area (Å²) in [5.41, 5.74) is 2.95. The molecular formula is C18H17NO2S. The predicted octanol–water partition coefficient (Wildman–Crippen LogP) is 4.07. The van der Waals surface area contributed by atoms with Crippen LogP contribution in [-0.4, -0.2) is 18.3 Å². The number of ether oxygens (including phenoxy) is 1. The smallest absolute Gasteiger partial charge is 0.291 e. The summed E-state index contributed by atoms with van der Waals surface area (Å²) in [5, 5.41) is 2.90. The van der Waals surface area contributed by atoms with Crippen LogP contribution in [0.3, 0.4) is 0 Å². The van der Waals surface area contributed by atoms with Gasteiger partial charge in [-0.25, -0.2) is 0 Å². The Hall–Kier alpha value is -2.20. The van der Waals surface area contributed by atoms with Crippen molar-refractivity contribution in [3.05, 3.63) is 71.5 Å². The summed E-state index contributed by atoms with van der Waals surface area (Å²) in [6.07, 6.45) is 0. The lowest BCUT2D eigenvalue weighted by molar-refractivity contribution is -0.115. The number of thioether (sulfide) groups is 1. The molecule has 4 heteroatoms. The summed E-state index contributed by atoms with van der Waals surface area (Å²) < 4.78 is 5.65. The number of aryl methyl sites for hydroxylation is 1. The topological polar surface area (TPSA) is 38.3 Å². The first kappa shape index (κ1) is 14.7. The highest BCUT2D eigenvalue weighted by Crippen LogP contribution is 2.35. The van der Waals surface area contributed by atoms with E-state index in [1.54, 1.807) is 11.8 Å². The fraction of sp³-hybridized carbons (Fsp3) is 0.167. The van der Waals surface area contributed by atoms with Gasteiger partial charge in [0.25, 0.3) is 5.91 Å². The molecule has 3 rings (SSSR count). The summed E-state index contributed by atoms with van der Waals surface area (Å²) >= 11 is 1.66. The van der Waals surface area contributed by atoms with Gasteiger partial charge in [-0.2, -0.15) is 0 Å². The highest BCUT2D eigenvalue weighted by atomic mass is 32.2. The Bertz CT molecular complexity index is 693. The molecule has 22 heavy (non-hydrogen) atoms. The molecule has 0 atom stereocenters. The van der Waals surface area contributed by atoms with Gasteiger partial charge in [-0.1, -0.05) is 48.0 Å². The number of carbonyl (C=O) groups excluding carboxylic acids is 1. The van der Waals surface area contributed by atoms with Crippen LogP contribution in [0, 0.1) is 6.92 Å². The van der Waals surface area contributed by atoms with Crippen molar-refractivity contribution in [1.29, 1.82) is 0 Å². The summed E-state index contributed by atoms with van der Waals surface area (Å²) in [7, 11) is 0. The highest BCUT2D eigenvalue weighted by Gasteiger charge is 2.22. The Morgan fingerprint density at radius 3 is 2.55 bits per heavy atom. The van der Waals surface area contributed by atoms with Crippen LogP contribution >= 0.6 is 11.8 Å². The minimum absolute atomic E-state index is 0.199. The Kier molecular flexibility index (Phi) is 4.49. The zero-order valence-corrected chi connectivity index (χ0v) is 13.2. The van der Waals surface area contributed by atoms with Gasteiger partial charge in [0, 0.05) is 11.4 Å². The van der Waals surface area contributed by atoms with Crippen molar-refractivity contribution in [3.63, 3.8) is 0 Å². The number of hydrogen-bond donors (Lipinski definition) is 1. The number of amides is 1. The predicted molar refractivity (Wildman–Crippen MR) is 91.6 cm³/mol. The number of rotatable bonds is 3. The number of benzene rings is 2. The van der Waals surface area contributed by atoms with Gasteiger partial charge < -0.3 is 10.1 Å². The second kappa shape index (κ2) is 6.71. The summed E-state index contributed by atoms with van der Waals surface area (Å²) in [5.74, 6) is 1.06. The third kappa shape index (κ3) is 3.34. The van der Waals surface area contributed by atoms with Gasteiger partial charge in [0.15, 0.2) is 5.76 Å². The summed E-state index contributed by atoms with van der Waals surface area (Å²) in [4.78, 5) is 13.4. The average molecular weight is 311 g/mol. The van der Waals surface area contributed by atoms with Crippen molar-refractivity contribution in [2.24, 2.45) is 0 Å². The molecular weight excluding hydrogens is 294 g/mol. The Labute approximate surface area is 134 Å². The van der Waals surface area contributed by atoms with Crippen LogP contribution in [0.4, 0.5) is 5.69 Å². The molecule has 0 fully saturated rings. The van der Waals surface area contributed by atoms with Crippen molar-refractivity contribution in [1.82, 2.24) is 0 Å². The van der Waals surface area contributed by atoms with Crippen LogP contribution in [0.15, 0.2) is 60.4 Å². The monoisotopic (exact) mass is 311 g/mol. The molecule has 1 aliphatic rings. The molecule has 0 aromatic heterocycles. The van der Waals surface area contributed by atoms with Gasteiger partial charge in [-0.3, -0.25) is 4.79 Å². The first-order valence-electron chi connectivity index (χ1n) is 7.17. The van der Waals surface area contributed by atoms with E-state index in [0.29, 0.717) is 12.4 Å². The molecule has 1 heterocycles. The number of hydrogen-bond acceptors (Lipinski definition) is 3. The SMILES string of the molecule is Cc1ccc(NC(=O)C2=C(c3ccccc3)SCCO2)cc1. The third-order valence-corrected chi connectivity index (χ3v) is 4.41. The van der Waals surface area contributed by atoms with Gasteiger partial charge in [0.2, 0.25) is 0 Å². The molecule has 1 aliphatic heterocycles. The molecule has 1 amide bonds. The zero-order valence-electron chi connectivity index (χ0n) is 12.3. The van der Waals surface area contributed by atoms with Gasteiger partial charge in [-0.05, 0) is 24.6 Å². The van der Waals surface area contributed by atoms with E-state index in [9.17, 15) is 4.79 Å². The number of anilines is 1. The minimum Gasteiger partial charge on any atom is -0.486 e. The second-order valence-electron chi connectivity index (χ2n) is 5.04. The van der Waals surface area contributed by atoms with E-state index in [-0.39, 0.29) is 5.91 Å². The van der Waals surface area contributed by atoms with Crippen molar-refractivity contribution in [2.75, 3.05) is 17.7 Å². The molecule has 0 aliphatic carbocycles. The van der Waals surface area contributed by atoms with Crippen molar-refractivity contribution in [2.45, 2.75) is 6.92 Å². The van der Waals surface area contributed by atoms with Crippen LogP contribution in [0.2, 0.25) is 0 Å². The van der Waals surface area contributed by atoms with Gasteiger partial charge in [0.1, 0.15) is 0 Å². The second-order valence-corrected chi connectivity index (χ2v) is 6.15. The molecule has 0 spiro atoms. The average Bonchev–Trinajstić information content (AvgIpc) is 2.58. The van der Waals surface area contributed by atoms with Crippen molar-refractivity contribution < 1.29 is 9.53 Å². The zero-order chi connectivity index (χ0) is 15.4. The maximum Gasteiger partial charge on any atom is 0.291 e. The van der Waals surface area contributed by atoms with Gasteiger partial charge in [0.05, 0.1) is 11.5 Å². The molecule has 1 N–H and O–H groups in total. The third-order valence-electron chi connectivity index (χ3n) is 3.33. The van der Waals surface area contributed by atoms with Crippen LogP contribution in [-0.2, 0) is 9.53 Å². The van der Waals surface area contributed by atoms with E-state index in [4.69, 9.17) is 4.74 Å². The van der Waals surface area contributed by atoms with Gasteiger partial charge >= 0.3 is 0 Å². The molecule has 0 radical (unpaired) electrons. The van der Waals surface area contributed by atoms with E-state index >= 15 is 0 Å². The maximum atomic E-state index is 12.5. The highest BCUT2D eigenvalue weighted by molar-refractivity contribution is 8.08. The minimum atomic E-state index is -0.199. The molecule has 0 saturated carbocycles. The molecule has 3 nitrogen and oxygen atoms in total. The fourth-order valence-electron chi connectivity index (χ4n) is 2.22. The Morgan fingerprint density at radius 2 is 1.82 bits per heavy atom. The lowest BCUT2D eigenvalue weighted by atomic mass is 10.2. The van der Waals surface area contributed by atoms with E-state index in [1.807, 2.05) is 61.5 Å². The molecule has 112 valence electrons. The molecule has 0 bridgehead atoms. The van der Waals surface area contributed by atoms with E-state index in [1.165, 1.54) is 0 Å². The first-order chi connectivity index (χ1) is 10.7. The number of nitrogens with one attached hydrogen (secondary N) is 1. The van der Waals surface area contributed by atoms with Crippen LogP contribution in [0.1, 0.15) is 11.1 Å². The largest absolute Gasteiger partial charge is 0.486 e. The first-order valence-corrected chi connectivity index (χ1v) is 8.16. The van der Waals surface area contributed by atoms with Crippen LogP contribution in [0.25, 0.3) is 4.91 Å². The van der Waals surface area contributed by atoms with E-state index in [2.05, 4.69) is 5.32 Å². The molecule has 2 aromatic rings. The van der Waals surface area contributed by atoms with Gasteiger partial charge in [-0.15, -0.1) is 11.8 Å². The lowest BCUT2D eigenvalue weighted by Crippen LogP contribution is -2.21. The molecule has 0 unspecified atom stereocenters. The normalized spacial score (nSPS) is 14.4. The van der Waals surface area contributed by atoms with Crippen molar-refractivity contribution in [3.8, 4) is 0 Å². The summed E-state index contributed by atoms with van der Waals surface area (Å²) in [6.45, 7) is 2.57. The maximum absolute atomic E-state index is 12.5. The molecule has 0 saturated heterocycles. The van der Waals surface area contributed by atoms with Crippen molar-refractivity contribution >= 4 is 28.3 Å². The number of carbonyl (C=O) groups is 1. The fourth-order valence-corrected chi connectivity index (χ4v) is 3.17. The van der Waals surface area contributed by atoms with Crippen LogP contribution in [0.5, 0.6) is 0 Å². The van der Waals surface area contributed by atoms with E-state index in [0.717, 1.165) is 27.5 Å². The Balaban J connectivity index is 1.87.